The predicted molar refractivity (Wildman–Crippen MR) is 81.2 cm³/mol. The van der Waals surface area contributed by atoms with E-state index in [9.17, 15) is 5.11 Å². The molecule has 0 spiro atoms. The number of benzene rings is 2. The summed E-state index contributed by atoms with van der Waals surface area (Å²) < 4.78 is 5.16. The summed E-state index contributed by atoms with van der Waals surface area (Å²) in [5.41, 5.74) is 8.13. The Kier molecular flexibility index (Phi) is 3.39. The summed E-state index contributed by atoms with van der Waals surface area (Å²) in [5.74, 6) is 1.09. The number of phenolic OH excluding ortho intramolecular Hbond substituents is 1. The molecule has 21 heavy (non-hydrogen) atoms. The summed E-state index contributed by atoms with van der Waals surface area (Å²) in [6.45, 7) is 0. The molecule has 3 N–H and O–H groups in total. The predicted octanol–water partition coefficient (Wildman–Crippen LogP) is 3.19. The fourth-order valence-electron chi connectivity index (χ4n) is 1.81. The van der Waals surface area contributed by atoms with Gasteiger partial charge in [0.2, 0.25) is 5.82 Å². The third-order valence-electron chi connectivity index (χ3n) is 2.92. The zero-order valence-corrected chi connectivity index (χ0v) is 11.1. The van der Waals surface area contributed by atoms with Crippen LogP contribution in [0.4, 0.5) is 5.69 Å². The average Bonchev–Trinajstić information content (AvgIpc) is 2.96. The van der Waals surface area contributed by atoms with Gasteiger partial charge in [0.1, 0.15) is 5.75 Å². The number of hydrogen-bond acceptors (Lipinski definition) is 5. The van der Waals surface area contributed by atoms with Crippen LogP contribution in [0.1, 0.15) is 11.5 Å². The summed E-state index contributed by atoms with van der Waals surface area (Å²) >= 11 is 0. The van der Waals surface area contributed by atoms with Crippen molar-refractivity contribution >= 4 is 17.8 Å². The lowest BCUT2D eigenvalue weighted by molar-refractivity contribution is 0.411. The molecule has 0 amide bonds. The number of hydrogen-bond donors (Lipinski definition) is 2. The fraction of sp³-hybridized carbons (Fsp3) is 0. The summed E-state index contributed by atoms with van der Waals surface area (Å²) in [5, 5.41) is 13.2. The first kappa shape index (κ1) is 12.9. The molecule has 2 aromatic carbocycles. The van der Waals surface area contributed by atoms with Gasteiger partial charge in [-0.1, -0.05) is 17.3 Å². The van der Waals surface area contributed by atoms with E-state index in [1.54, 1.807) is 30.3 Å². The number of nitrogens with two attached hydrogens (primary N) is 1. The molecule has 5 nitrogen and oxygen atoms in total. The van der Waals surface area contributed by atoms with Crippen LogP contribution in [-0.4, -0.2) is 15.2 Å². The van der Waals surface area contributed by atoms with Gasteiger partial charge in [-0.2, -0.15) is 4.98 Å². The number of nitrogen functional groups attached to an aromatic ring is 1. The molecular weight excluding hydrogens is 266 g/mol. The number of phenols is 1. The minimum Gasteiger partial charge on any atom is -0.508 e. The summed E-state index contributed by atoms with van der Waals surface area (Å²) in [4.78, 5) is 4.27. The van der Waals surface area contributed by atoms with Crippen molar-refractivity contribution < 1.29 is 9.63 Å². The van der Waals surface area contributed by atoms with Gasteiger partial charge >= 0.3 is 0 Å². The molecular formula is C16H13N3O2. The highest BCUT2D eigenvalue weighted by Crippen LogP contribution is 2.19. The Morgan fingerprint density at radius 1 is 0.952 bits per heavy atom. The molecule has 0 aliphatic heterocycles. The lowest BCUT2D eigenvalue weighted by Crippen LogP contribution is -1.82. The van der Waals surface area contributed by atoms with E-state index in [1.807, 2.05) is 30.3 Å². The van der Waals surface area contributed by atoms with Crippen LogP contribution in [-0.2, 0) is 0 Å². The second kappa shape index (κ2) is 5.50. The lowest BCUT2D eigenvalue weighted by atomic mass is 10.2. The maximum atomic E-state index is 9.25. The van der Waals surface area contributed by atoms with Crippen LogP contribution in [0.25, 0.3) is 23.5 Å². The second-order valence-electron chi connectivity index (χ2n) is 4.50. The number of anilines is 1. The Labute approximate surface area is 121 Å². The van der Waals surface area contributed by atoms with Crippen molar-refractivity contribution in [3.63, 3.8) is 0 Å². The van der Waals surface area contributed by atoms with E-state index >= 15 is 0 Å². The summed E-state index contributed by atoms with van der Waals surface area (Å²) in [7, 11) is 0. The van der Waals surface area contributed by atoms with Crippen molar-refractivity contribution in [2.45, 2.75) is 0 Å². The Hall–Kier alpha value is -3.08. The van der Waals surface area contributed by atoms with Gasteiger partial charge in [-0.25, -0.2) is 0 Å². The van der Waals surface area contributed by atoms with Crippen molar-refractivity contribution in [2.75, 3.05) is 5.73 Å². The Morgan fingerprint density at radius 2 is 1.67 bits per heavy atom. The van der Waals surface area contributed by atoms with Gasteiger partial charge in [-0.05, 0) is 48.0 Å². The third kappa shape index (κ3) is 3.09. The number of rotatable bonds is 3. The van der Waals surface area contributed by atoms with Crippen molar-refractivity contribution in [3.8, 4) is 17.1 Å². The van der Waals surface area contributed by atoms with E-state index in [2.05, 4.69) is 10.1 Å². The topological polar surface area (TPSA) is 85.2 Å². The fourth-order valence-corrected chi connectivity index (χ4v) is 1.81. The molecule has 1 heterocycles. The summed E-state index contributed by atoms with van der Waals surface area (Å²) in [6.07, 6.45) is 3.61. The number of aromatic hydroxyl groups is 1. The van der Waals surface area contributed by atoms with Crippen LogP contribution >= 0.6 is 0 Å². The smallest absolute Gasteiger partial charge is 0.250 e. The average molecular weight is 279 g/mol. The number of nitrogens with zero attached hydrogens (tertiary/aromatic N) is 2. The molecule has 0 bridgehead atoms. The van der Waals surface area contributed by atoms with Gasteiger partial charge in [0.25, 0.3) is 5.89 Å². The first-order chi connectivity index (χ1) is 10.2. The molecule has 0 saturated heterocycles. The van der Waals surface area contributed by atoms with Crippen molar-refractivity contribution in [1.82, 2.24) is 10.1 Å². The highest BCUT2D eigenvalue weighted by atomic mass is 16.5. The Balaban J connectivity index is 1.78. The summed E-state index contributed by atoms with van der Waals surface area (Å²) in [6, 6.07) is 14.1. The molecule has 0 aliphatic carbocycles. The zero-order chi connectivity index (χ0) is 14.7. The quantitative estimate of drug-likeness (QED) is 0.719. The van der Waals surface area contributed by atoms with Gasteiger partial charge in [0, 0.05) is 17.3 Å². The van der Waals surface area contributed by atoms with E-state index in [0.29, 0.717) is 11.7 Å². The molecule has 104 valence electrons. The van der Waals surface area contributed by atoms with Crippen LogP contribution < -0.4 is 5.73 Å². The normalized spacial score (nSPS) is 11.0. The largest absolute Gasteiger partial charge is 0.508 e. The molecule has 3 aromatic rings. The van der Waals surface area contributed by atoms with Crippen LogP contribution in [0.15, 0.2) is 53.1 Å². The van der Waals surface area contributed by atoms with E-state index in [0.717, 1.165) is 16.8 Å². The first-order valence-corrected chi connectivity index (χ1v) is 6.37. The van der Waals surface area contributed by atoms with Gasteiger partial charge in [0.15, 0.2) is 0 Å². The van der Waals surface area contributed by atoms with E-state index in [4.69, 9.17) is 10.3 Å². The van der Waals surface area contributed by atoms with Crippen LogP contribution in [0, 0.1) is 0 Å². The molecule has 0 radical (unpaired) electrons. The lowest BCUT2D eigenvalue weighted by Gasteiger charge is -1.94. The zero-order valence-electron chi connectivity index (χ0n) is 11.1. The van der Waals surface area contributed by atoms with Crippen molar-refractivity contribution in [3.05, 3.63) is 60.0 Å². The molecule has 0 saturated carbocycles. The Bertz CT molecular complexity index is 759. The standard InChI is InChI=1S/C16H13N3O2/c17-13-6-1-11(2-7-13)3-10-15-18-16(19-21-15)12-4-8-14(20)9-5-12/h1-10,20H,17H2/b10-3+. The molecule has 5 heteroatoms. The Morgan fingerprint density at radius 3 is 2.38 bits per heavy atom. The number of aromatic nitrogens is 2. The van der Waals surface area contributed by atoms with Crippen molar-refractivity contribution in [2.24, 2.45) is 0 Å². The van der Waals surface area contributed by atoms with Crippen LogP contribution in [0.3, 0.4) is 0 Å². The monoisotopic (exact) mass is 279 g/mol. The SMILES string of the molecule is Nc1ccc(/C=C/c2nc(-c3ccc(O)cc3)no2)cc1. The highest BCUT2D eigenvalue weighted by Gasteiger charge is 2.06. The third-order valence-corrected chi connectivity index (χ3v) is 2.92. The van der Waals surface area contributed by atoms with E-state index < -0.39 is 0 Å². The molecule has 3 rings (SSSR count). The minimum atomic E-state index is 0.200. The van der Waals surface area contributed by atoms with Gasteiger partial charge in [-0.15, -0.1) is 0 Å². The molecule has 0 atom stereocenters. The highest BCUT2D eigenvalue weighted by molar-refractivity contribution is 5.67. The van der Waals surface area contributed by atoms with Gasteiger partial charge in [0.05, 0.1) is 0 Å². The van der Waals surface area contributed by atoms with Crippen molar-refractivity contribution in [1.29, 1.82) is 0 Å². The van der Waals surface area contributed by atoms with Gasteiger partial charge < -0.3 is 15.4 Å². The maximum Gasteiger partial charge on any atom is 0.250 e. The molecule has 0 unspecified atom stereocenters. The molecule has 1 aromatic heterocycles. The van der Waals surface area contributed by atoms with Crippen LogP contribution in [0.2, 0.25) is 0 Å². The van der Waals surface area contributed by atoms with E-state index in [1.165, 1.54) is 0 Å². The second-order valence-corrected chi connectivity index (χ2v) is 4.50. The maximum absolute atomic E-state index is 9.25. The van der Waals surface area contributed by atoms with Crippen LogP contribution in [0.5, 0.6) is 5.75 Å². The molecule has 0 aliphatic rings. The molecule has 0 fully saturated rings. The first-order valence-electron chi connectivity index (χ1n) is 6.37. The van der Waals surface area contributed by atoms with E-state index in [-0.39, 0.29) is 5.75 Å². The minimum absolute atomic E-state index is 0.200. The van der Waals surface area contributed by atoms with Gasteiger partial charge in [-0.3, -0.25) is 0 Å².